The van der Waals surface area contributed by atoms with Crippen molar-refractivity contribution >= 4 is 44.1 Å². The molecule has 1 aliphatic rings. The van der Waals surface area contributed by atoms with E-state index in [1.54, 1.807) is 37.4 Å². The summed E-state index contributed by atoms with van der Waals surface area (Å²) >= 11 is 1.27. The minimum atomic E-state index is -0.894. The second-order valence-corrected chi connectivity index (χ2v) is 9.49. The molecule has 0 aliphatic carbocycles. The van der Waals surface area contributed by atoms with Crippen molar-refractivity contribution in [2.75, 3.05) is 26.2 Å². The van der Waals surface area contributed by atoms with Crippen LogP contribution < -0.4 is 19.1 Å². The van der Waals surface area contributed by atoms with Gasteiger partial charge in [-0.05, 0) is 42.8 Å². The predicted molar refractivity (Wildman–Crippen MR) is 142 cm³/mol. The van der Waals surface area contributed by atoms with Crippen LogP contribution >= 0.6 is 11.3 Å². The summed E-state index contributed by atoms with van der Waals surface area (Å²) in [6.07, 6.45) is 0. The molecule has 1 unspecified atom stereocenters. The Hall–Kier alpha value is -4.37. The van der Waals surface area contributed by atoms with Gasteiger partial charge in [-0.3, -0.25) is 14.5 Å². The second kappa shape index (κ2) is 9.59. The van der Waals surface area contributed by atoms with Crippen LogP contribution in [0.1, 0.15) is 22.7 Å². The Balaban J connectivity index is 1.73. The molecule has 1 amide bonds. The summed E-state index contributed by atoms with van der Waals surface area (Å²) in [4.78, 5) is 33.0. The Labute approximate surface area is 217 Å². The van der Waals surface area contributed by atoms with Crippen molar-refractivity contribution in [1.82, 2.24) is 4.98 Å². The van der Waals surface area contributed by atoms with Gasteiger partial charge in [0.15, 0.2) is 5.13 Å². The number of nitrogens with zero attached hydrogens (tertiary/aromatic N) is 2. The topological polar surface area (TPSA) is 98.2 Å². The highest BCUT2D eigenvalue weighted by Crippen LogP contribution is 2.45. The molecule has 1 aromatic heterocycles. The molecule has 1 aliphatic heterocycles. The zero-order valence-electron chi connectivity index (χ0n) is 20.6. The van der Waals surface area contributed by atoms with E-state index in [1.165, 1.54) is 30.5 Å². The number of aliphatic hydroxyl groups excluding tert-OH is 1. The molecule has 9 heteroatoms. The number of benzene rings is 3. The van der Waals surface area contributed by atoms with Crippen molar-refractivity contribution in [2.45, 2.75) is 13.0 Å². The summed E-state index contributed by atoms with van der Waals surface area (Å²) < 4.78 is 16.8. The minimum absolute atomic E-state index is 0.0455. The number of Topliss-reactive ketones (excluding diaryl/α,β-unsaturated/α-hetero) is 1. The fourth-order valence-corrected chi connectivity index (χ4v) is 5.47. The summed E-state index contributed by atoms with van der Waals surface area (Å²) in [5.41, 5.74) is 2.51. The van der Waals surface area contributed by atoms with Gasteiger partial charge in [0.25, 0.3) is 5.78 Å². The lowest BCUT2D eigenvalue weighted by molar-refractivity contribution is -0.132. The molecule has 1 saturated heterocycles. The third kappa shape index (κ3) is 4.17. The predicted octanol–water partition coefficient (Wildman–Crippen LogP) is 5.26. The first-order valence-electron chi connectivity index (χ1n) is 11.4. The van der Waals surface area contributed by atoms with Crippen molar-refractivity contribution in [3.8, 4) is 17.2 Å². The van der Waals surface area contributed by atoms with Crippen LogP contribution in [0, 0.1) is 6.92 Å². The zero-order chi connectivity index (χ0) is 26.3. The maximum atomic E-state index is 13.5. The van der Waals surface area contributed by atoms with Crippen LogP contribution in [0.2, 0.25) is 0 Å². The number of hydrogen-bond donors (Lipinski definition) is 1. The largest absolute Gasteiger partial charge is 0.507 e. The van der Waals surface area contributed by atoms with Crippen LogP contribution in [-0.4, -0.2) is 43.1 Å². The van der Waals surface area contributed by atoms with Crippen molar-refractivity contribution in [2.24, 2.45) is 0 Å². The van der Waals surface area contributed by atoms with E-state index in [4.69, 9.17) is 14.2 Å². The maximum Gasteiger partial charge on any atom is 0.301 e. The van der Waals surface area contributed by atoms with E-state index < -0.39 is 17.7 Å². The lowest BCUT2D eigenvalue weighted by Crippen LogP contribution is -2.29. The SMILES string of the molecule is COc1ccc(/C(O)=C2\C(=O)C(=O)N(c3nc4ccc(OC)cc4s3)C2c2cccc(C)c2)c(OC)c1. The number of aromatic nitrogens is 1. The van der Waals surface area contributed by atoms with Gasteiger partial charge in [0.2, 0.25) is 0 Å². The maximum absolute atomic E-state index is 13.5. The summed E-state index contributed by atoms with van der Waals surface area (Å²) in [6, 6.07) is 16.9. The number of methoxy groups -OCH3 is 3. The average molecular weight is 517 g/mol. The molecule has 0 spiro atoms. The normalized spacial score (nSPS) is 16.9. The fraction of sp³-hybridized carbons (Fsp3) is 0.179. The number of aliphatic hydroxyl groups is 1. The molecular weight excluding hydrogens is 492 g/mol. The van der Waals surface area contributed by atoms with Crippen LogP contribution in [0.15, 0.2) is 66.2 Å². The first-order valence-corrected chi connectivity index (χ1v) is 12.2. The van der Waals surface area contributed by atoms with E-state index in [1.807, 2.05) is 37.3 Å². The number of hydrogen-bond acceptors (Lipinski definition) is 8. The molecule has 4 aromatic rings. The molecule has 2 heterocycles. The number of rotatable bonds is 6. The van der Waals surface area contributed by atoms with E-state index in [0.29, 0.717) is 33.5 Å². The number of thiazole rings is 1. The summed E-state index contributed by atoms with van der Waals surface area (Å²) in [5, 5.41) is 11.8. The molecule has 8 nitrogen and oxygen atoms in total. The molecule has 1 atom stereocenters. The molecule has 0 saturated carbocycles. The van der Waals surface area contributed by atoms with E-state index in [-0.39, 0.29) is 16.9 Å². The van der Waals surface area contributed by atoms with Crippen molar-refractivity contribution < 1.29 is 28.9 Å². The number of carbonyl (C=O) groups is 2. The van der Waals surface area contributed by atoms with Crippen LogP contribution in [-0.2, 0) is 9.59 Å². The number of amides is 1. The van der Waals surface area contributed by atoms with E-state index in [9.17, 15) is 14.7 Å². The van der Waals surface area contributed by atoms with Crippen LogP contribution in [0.25, 0.3) is 16.0 Å². The van der Waals surface area contributed by atoms with Gasteiger partial charge in [0.05, 0.1) is 48.7 Å². The molecule has 188 valence electrons. The first kappa shape index (κ1) is 24.3. The van der Waals surface area contributed by atoms with Gasteiger partial charge in [-0.15, -0.1) is 0 Å². The fourth-order valence-electron chi connectivity index (χ4n) is 4.45. The summed E-state index contributed by atoms with van der Waals surface area (Å²) in [7, 11) is 4.55. The highest BCUT2D eigenvalue weighted by atomic mass is 32.1. The highest BCUT2D eigenvalue weighted by molar-refractivity contribution is 7.22. The number of aryl methyl sites for hydroxylation is 1. The summed E-state index contributed by atoms with van der Waals surface area (Å²) in [6.45, 7) is 1.92. The average Bonchev–Trinajstić information content (AvgIpc) is 3.45. The van der Waals surface area contributed by atoms with Crippen molar-refractivity contribution in [1.29, 1.82) is 0 Å². The van der Waals surface area contributed by atoms with Gasteiger partial charge in [-0.2, -0.15) is 0 Å². The van der Waals surface area contributed by atoms with Gasteiger partial charge in [-0.1, -0.05) is 41.2 Å². The number of anilines is 1. The van der Waals surface area contributed by atoms with Crippen LogP contribution in [0.4, 0.5) is 5.13 Å². The van der Waals surface area contributed by atoms with Gasteiger partial charge < -0.3 is 19.3 Å². The second-order valence-electron chi connectivity index (χ2n) is 8.48. The molecule has 1 N–H and O–H groups in total. The Morgan fingerprint density at radius 1 is 0.946 bits per heavy atom. The third-order valence-corrected chi connectivity index (χ3v) is 7.27. The number of ether oxygens (including phenoxy) is 3. The van der Waals surface area contributed by atoms with Crippen molar-refractivity contribution in [3.05, 3.63) is 82.9 Å². The molecule has 0 bridgehead atoms. The molecule has 5 rings (SSSR count). The lowest BCUT2D eigenvalue weighted by Gasteiger charge is -2.23. The van der Waals surface area contributed by atoms with E-state index >= 15 is 0 Å². The number of fused-ring (bicyclic) bond motifs is 1. The third-order valence-electron chi connectivity index (χ3n) is 6.26. The van der Waals surface area contributed by atoms with Gasteiger partial charge >= 0.3 is 5.91 Å². The van der Waals surface area contributed by atoms with Crippen LogP contribution in [0.5, 0.6) is 17.2 Å². The Kier molecular flexibility index (Phi) is 6.31. The van der Waals surface area contributed by atoms with Gasteiger partial charge in [0, 0.05) is 6.07 Å². The summed E-state index contributed by atoms with van der Waals surface area (Å²) in [5.74, 6) is -0.432. The molecular formula is C28H24N2O6S. The zero-order valence-corrected chi connectivity index (χ0v) is 21.5. The Morgan fingerprint density at radius 3 is 2.38 bits per heavy atom. The van der Waals surface area contributed by atoms with Gasteiger partial charge in [-0.25, -0.2) is 4.98 Å². The quantitative estimate of drug-likeness (QED) is 0.212. The van der Waals surface area contributed by atoms with Crippen LogP contribution in [0.3, 0.4) is 0 Å². The molecule has 3 aromatic carbocycles. The van der Waals surface area contributed by atoms with Gasteiger partial charge in [0.1, 0.15) is 23.0 Å². The molecule has 0 radical (unpaired) electrons. The number of ketones is 1. The minimum Gasteiger partial charge on any atom is -0.507 e. The Bertz CT molecular complexity index is 1570. The lowest BCUT2D eigenvalue weighted by atomic mass is 9.94. The van der Waals surface area contributed by atoms with E-state index in [0.717, 1.165) is 10.3 Å². The van der Waals surface area contributed by atoms with E-state index in [2.05, 4.69) is 4.98 Å². The molecule has 1 fully saturated rings. The number of carbonyl (C=O) groups excluding carboxylic acids is 2. The van der Waals surface area contributed by atoms with Crippen molar-refractivity contribution in [3.63, 3.8) is 0 Å². The molecule has 37 heavy (non-hydrogen) atoms. The highest BCUT2D eigenvalue weighted by Gasteiger charge is 2.48. The monoisotopic (exact) mass is 516 g/mol. The Morgan fingerprint density at radius 2 is 1.68 bits per heavy atom. The first-order chi connectivity index (χ1) is 17.9. The smallest absolute Gasteiger partial charge is 0.301 e. The standard InChI is InChI=1S/C28H24N2O6S/c1-15-6-5-7-16(12-15)24-23(25(31)19-10-8-17(34-2)13-21(19)36-4)26(32)27(33)30(24)28-29-20-11-9-18(35-3)14-22(20)37-28/h5-14,24,31H,1-4H3/b25-23+.